The van der Waals surface area contributed by atoms with Crippen molar-refractivity contribution in [2.45, 2.75) is 13.0 Å². The van der Waals surface area contributed by atoms with Crippen molar-refractivity contribution in [3.8, 4) is 11.8 Å². The van der Waals surface area contributed by atoms with Crippen LogP contribution in [0.4, 0.5) is 0 Å². The monoisotopic (exact) mass is 203 g/mol. The Morgan fingerprint density at radius 2 is 2.13 bits per heavy atom. The van der Waals surface area contributed by atoms with Crippen LogP contribution in [0.1, 0.15) is 12.5 Å². The van der Waals surface area contributed by atoms with E-state index in [1.807, 2.05) is 30.3 Å². The van der Waals surface area contributed by atoms with E-state index in [0.717, 1.165) is 5.56 Å². The molecule has 0 unspecified atom stereocenters. The number of carbonyl (C=O) groups is 1. The van der Waals surface area contributed by atoms with Crippen molar-refractivity contribution in [1.82, 2.24) is 5.32 Å². The minimum atomic E-state index is -0.864. The summed E-state index contributed by atoms with van der Waals surface area (Å²) in [6.45, 7) is 1.97. The van der Waals surface area contributed by atoms with Crippen LogP contribution in [0.2, 0.25) is 0 Å². The number of hydrogen-bond acceptors (Lipinski definition) is 2. The first-order valence-electron chi connectivity index (χ1n) is 4.70. The third-order valence-corrected chi connectivity index (χ3v) is 1.87. The fourth-order valence-corrected chi connectivity index (χ4v) is 0.959. The molecular formula is C12H13NO2. The number of carboxylic acids is 1. The molecule has 3 heteroatoms. The predicted molar refractivity (Wildman–Crippen MR) is 58.4 cm³/mol. The van der Waals surface area contributed by atoms with Gasteiger partial charge in [0.15, 0.2) is 0 Å². The van der Waals surface area contributed by atoms with Crippen LogP contribution < -0.4 is 5.32 Å². The number of nitrogens with one attached hydrogen (secondary N) is 1. The van der Waals surface area contributed by atoms with Gasteiger partial charge in [-0.05, 0) is 19.1 Å². The van der Waals surface area contributed by atoms with Crippen molar-refractivity contribution in [1.29, 1.82) is 0 Å². The molecule has 0 spiro atoms. The van der Waals surface area contributed by atoms with Gasteiger partial charge in [-0.1, -0.05) is 30.0 Å². The average molecular weight is 203 g/mol. The highest BCUT2D eigenvalue weighted by Gasteiger charge is 2.07. The average Bonchev–Trinajstić information content (AvgIpc) is 2.25. The minimum absolute atomic E-state index is 0.377. The zero-order chi connectivity index (χ0) is 11.1. The molecule has 1 aromatic rings. The molecule has 0 heterocycles. The highest BCUT2D eigenvalue weighted by molar-refractivity contribution is 5.72. The first kappa shape index (κ1) is 11.3. The Bertz CT molecular complexity index is 376. The SMILES string of the molecule is C[C@H](NCC#Cc1ccccc1)C(=O)O. The predicted octanol–water partition coefficient (Wildman–Crippen LogP) is 1.10. The molecule has 0 aliphatic carbocycles. The molecule has 0 aliphatic rings. The van der Waals surface area contributed by atoms with Gasteiger partial charge in [0.25, 0.3) is 0 Å². The normalized spacial score (nSPS) is 11.3. The maximum atomic E-state index is 10.5. The van der Waals surface area contributed by atoms with E-state index in [-0.39, 0.29) is 0 Å². The summed E-state index contributed by atoms with van der Waals surface area (Å²) in [5.74, 6) is 4.93. The Hall–Kier alpha value is -1.79. The second-order valence-corrected chi connectivity index (χ2v) is 3.11. The van der Waals surface area contributed by atoms with Crippen molar-refractivity contribution in [3.05, 3.63) is 35.9 Å². The summed E-state index contributed by atoms with van der Waals surface area (Å²) < 4.78 is 0. The first-order chi connectivity index (χ1) is 7.20. The Labute approximate surface area is 89.1 Å². The molecule has 0 aliphatic heterocycles. The van der Waals surface area contributed by atoms with Gasteiger partial charge in [-0.3, -0.25) is 10.1 Å². The van der Waals surface area contributed by atoms with Gasteiger partial charge >= 0.3 is 5.97 Å². The lowest BCUT2D eigenvalue weighted by Gasteiger charge is -2.03. The molecule has 0 aromatic heterocycles. The maximum absolute atomic E-state index is 10.5. The van der Waals surface area contributed by atoms with E-state index in [0.29, 0.717) is 6.54 Å². The highest BCUT2D eigenvalue weighted by atomic mass is 16.4. The van der Waals surface area contributed by atoms with Gasteiger partial charge in [0.2, 0.25) is 0 Å². The molecule has 3 nitrogen and oxygen atoms in total. The van der Waals surface area contributed by atoms with Crippen molar-refractivity contribution in [3.63, 3.8) is 0 Å². The van der Waals surface area contributed by atoms with Crippen LogP contribution in [-0.4, -0.2) is 23.7 Å². The Balaban J connectivity index is 2.38. The second-order valence-electron chi connectivity index (χ2n) is 3.11. The van der Waals surface area contributed by atoms with E-state index in [1.54, 1.807) is 6.92 Å². The molecule has 2 N–H and O–H groups in total. The lowest BCUT2D eigenvalue weighted by atomic mass is 10.2. The molecule has 78 valence electrons. The van der Waals surface area contributed by atoms with Crippen molar-refractivity contribution in [2.75, 3.05) is 6.54 Å². The molecule has 0 amide bonds. The fraction of sp³-hybridized carbons (Fsp3) is 0.250. The van der Waals surface area contributed by atoms with Gasteiger partial charge in [-0.25, -0.2) is 0 Å². The number of aliphatic carboxylic acids is 1. The lowest BCUT2D eigenvalue weighted by molar-refractivity contribution is -0.138. The van der Waals surface area contributed by atoms with Crippen LogP contribution >= 0.6 is 0 Å². The van der Waals surface area contributed by atoms with Crippen LogP contribution in [0.25, 0.3) is 0 Å². The minimum Gasteiger partial charge on any atom is -0.480 e. The molecule has 0 saturated heterocycles. The van der Waals surface area contributed by atoms with Crippen LogP contribution in [0.5, 0.6) is 0 Å². The summed E-state index contributed by atoms with van der Waals surface area (Å²) in [7, 11) is 0. The molecule has 0 radical (unpaired) electrons. The topological polar surface area (TPSA) is 49.3 Å². The fourth-order valence-electron chi connectivity index (χ4n) is 0.959. The maximum Gasteiger partial charge on any atom is 0.320 e. The van der Waals surface area contributed by atoms with Crippen molar-refractivity contribution >= 4 is 5.97 Å². The van der Waals surface area contributed by atoms with Crippen molar-refractivity contribution in [2.24, 2.45) is 0 Å². The van der Waals surface area contributed by atoms with Gasteiger partial charge in [-0.2, -0.15) is 0 Å². The van der Waals surface area contributed by atoms with Crippen LogP contribution in [0, 0.1) is 11.8 Å². The van der Waals surface area contributed by atoms with Gasteiger partial charge in [0.05, 0.1) is 6.54 Å². The quantitative estimate of drug-likeness (QED) is 0.723. The molecule has 0 bridgehead atoms. The van der Waals surface area contributed by atoms with Gasteiger partial charge in [0, 0.05) is 5.56 Å². The summed E-state index contributed by atoms with van der Waals surface area (Å²) in [6.07, 6.45) is 0. The van der Waals surface area contributed by atoms with Crippen LogP contribution in [0.3, 0.4) is 0 Å². The van der Waals surface area contributed by atoms with Gasteiger partial charge in [0.1, 0.15) is 6.04 Å². The summed E-state index contributed by atoms with van der Waals surface area (Å²) in [6, 6.07) is 9.02. The van der Waals surface area contributed by atoms with Crippen molar-refractivity contribution < 1.29 is 9.90 Å². The third-order valence-electron chi connectivity index (χ3n) is 1.87. The van der Waals surface area contributed by atoms with Crippen LogP contribution in [-0.2, 0) is 4.79 Å². The Morgan fingerprint density at radius 1 is 1.47 bits per heavy atom. The summed E-state index contributed by atoms with van der Waals surface area (Å²) in [5.41, 5.74) is 0.933. The molecule has 1 rings (SSSR count). The standard InChI is InChI=1S/C12H13NO2/c1-10(12(14)15)13-9-5-8-11-6-3-2-4-7-11/h2-4,6-7,10,13H,9H2,1H3,(H,14,15)/t10-/m0/s1. The smallest absolute Gasteiger partial charge is 0.320 e. The van der Waals surface area contributed by atoms with E-state index >= 15 is 0 Å². The summed E-state index contributed by atoms with van der Waals surface area (Å²) >= 11 is 0. The van der Waals surface area contributed by atoms with E-state index in [1.165, 1.54) is 0 Å². The Morgan fingerprint density at radius 3 is 2.73 bits per heavy atom. The lowest BCUT2D eigenvalue weighted by Crippen LogP contribution is -2.33. The van der Waals surface area contributed by atoms with Crippen LogP contribution in [0.15, 0.2) is 30.3 Å². The van der Waals surface area contributed by atoms with E-state index < -0.39 is 12.0 Å². The first-order valence-corrected chi connectivity index (χ1v) is 4.70. The summed E-state index contributed by atoms with van der Waals surface area (Å²) in [4.78, 5) is 10.5. The highest BCUT2D eigenvalue weighted by Crippen LogP contribution is 1.94. The number of rotatable bonds is 3. The van der Waals surface area contributed by atoms with Gasteiger partial charge < -0.3 is 5.11 Å². The largest absolute Gasteiger partial charge is 0.480 e. The zero-order valence-electron chi connectivity index (χ0n) is 8.53. The third kappa shape index (κ3) is 4.30. The molecule has 0 fully saturated rings. The molecule has 1 atom stereocenters. The zero-order valence-corrected chi connectivity index (χ0v) is 8.53. The van der Waals surface area contributed by atoms with E-state index in [9.17, 15) is 4.79 Å². The molecular weight excluding hydrogens is 190 g/mol. The molecule has 15 heavy (non-hydrogen) atoms. The summed E-state index contributed by atoms with van der Waals surface area (Å²) in [5, 5.41) is 11.4. The van der Waals surface area contributed by atoms with E-state index in [4.69, 9.17) is 5.11 Å². The molecule has 0 saturated carbocycles. The number of hydrogen-bond donors (Lipinski definition) is 2. The Kier molecular flexibility index (Phi) is 4.39. The number of benzene rings is 1. The van der Waals surface area contributed by atoms with E-state index in [2.05, 4.69) is 17.2 Å². The second kappa shape index (κ2) is 5.84. The number of carboxylic acid groups (broad SMARTS) is 1. The molecule has 1 aromatic carbocycles. The van der Waals surface area contributed by atoms with Gasteiger partial charge in [-0.15, -0.1) is 0 Å².